The molecule has 1 fully saturated rings. The first kappa shape index (κ1) is 21.9. The van der Waals surface area contributed by atoms with Crippen LogP contribution in [-0.4, -0.2) is 50.3 Å². The molecule has 10 heteroatoms. The van der Waals surface area contributed by atoms with E-state index in [2.05, 4.69) is 9.97 Å². The summed E-state index contributed by atoms with van der Waals surface area (Å²) in [5.74, 6) is -4.29. The van der Waals surface area contributed by atoms with Crippen LogP contribution in [0.15, 0.2) is 61.1 Å². The summed E-state index contributed by atoms with van der Waals surface area (Å²) in [6.45, 7) is -0.538. The lowest BCUT2D eigenvalue weighted by Gasteiger charge is -2.38. The Morgan fingerprint density at radius 3 is 2.84 bits per heavy atom. The van der Waals surface area contributed by atoms with E-state index in [4.69, 9.17) is 4.74 Å². The predicted molar refractivity (Wildman–Crippen MR) is 114 cm³/mol. The average Bonchev–Trinajstić information content (AvgIpc) is 3.22. The number of para-hydroxylation sites is 1. The molecule has 1 aliphatic rings. The highest BCUT2D eigenvalue weighted by Crippen LogP contribution is 2.32. The number of rotatable bonds is 3. The van der Waals surface area contributed by atoms with E-state index in [9.17, 15) is 18.0 Å². The number of aromatic nitrogens is 3. The number of carbonyl (C=O) groups is 1. The van der Waals surface area contributed by atoms with Gasteiger partial charge in [0.05, 0.1) is 17.6 Å². The number of carbonyl (C=O) groups excluding carboxylic acids is 1. The molecule has 3 aromatic heterocycles. The molecule has 4 heterocycles. The SMILES string of the molecule is Cl.O=C(c1cc(F)cn2ccnc12)N1CCC(F)(F)[C@@H](Oc2ccc3ccccc3n2)C1. The molecule has 5 rings (SSSR count). The van der Waals surface area contributed by atoms with E-state index in [-0.39, 0.29) is 42.6 Å². The van der Waals surface area contributed by atoms with Crippen molar-refractivity contribution in [1.29, 1.82) is 0 Å². The number of halogens is 4. The van der Waals surface area contributed by atoms with Crippen molar-refractivity contribution >= 4 is 34.9 Å². The Bertz CT molecular complexity index is 1300. The van der Waals surface area contributed by atoms with Crippen molar-refractivity contribution < 1.29 is 22.7 Å². The van der Waals surface area contributed by atoms with Gasteiger partial charge < -0.3 is 14.0 Å². The lowest BCUT2D eigenvalue weighted by Crippen LogP contribution is -2.55. The van der Waals surface area contributed by atoms with Gasteiger partial charge in [0.1, 0.15) is 11.5 Å². The Balaban J connectivity index is 0.00000245. The number of ether oxygens (including phenoxy) is 1. The largest absolute Gasteiger partial charge is 0.466 e. The molecule has 1 saturated heterocycles. The fourth-order valence-electron chi connectivity index (χ4n) is 3.76. The zero-order valence-corrected chi connectivity index (χ0v) is 17.4. The van der Waals surface area contributed by atoms with Crippen molar-refractivity contribution in [1.82, 2.24) is 19.3 Å². The van der Waals surface area contributed by atoms with Crippen LogP contribution in [0.3, 0.4) is 0 Å². The van der Waals surface area contributed by atoms with E-state index in [1.165, 1.54) is 34.0 Å². The predicted octanol–water partition coefficient (Wildman–Crippen LogP) is 4.37. The third-order valence-electron chi connectivity index (χ3n) is 5.38. The summed E-state index contributed by atoms with van der Waals surface area (Å²) in [6, 6.07) is 11.6. The number of imidazole rings is 1. The van der Waals surface area contributed by atoms with E-state index in [1.807, 2.05) is 12.1 Å². The number of nitrogens with zero attached hydrogens (tertiary/aromatic N) is 4. The lowest BCUT2D eigenvalue weighted by atomic mass is 10.0. The molecule has 1 aliphatic heterocycles. The fraction of sp³-hybridized carbons (Fsp3) is 0.227. The summed E-state index contributed by atoms with van der Waals surface area (Å²) < 4.78 is 50.1. The first-order valence-corrected chi connectivity index (χ1v) is 9.72. The standard InChI is InChI=1S/C22H17F3N4O2.ClH/c23-15-11-16(20-26-8-10-28(20)12-15)21(30)29-9-7-22(24,25)18(13-29)31-19-6-5-14-3-1-2-4-17(14)27-19;/h1-6,8,10-12,18H,7,9,13H2;1H/t18-;/m0./s1. The molecule has 0 saturated carbocycles. The molecule has 166 valence electrons. The zero-order chi connectivity index (χ0) is 21.6. The highest BCUT2D eigenvalue weighted by atomic mass is 35.5. The quantitative estimate of drug-likeness (QED) is 0.453. The summed E-state index contributed by atoms with van der Waals surface area (Å²) in [5, 5.41) is 0.858. The molecule has 0 radical (unpaired) electrons. The van der Waals surface area contributed by atoms with E-state index >= 15 is 0 Å². The van der Waals surface area contributed by atoms with Gasteiger partial charge in [-0.25, -0.2) is 23.1 Å². The first-order valence-electron chi connectivity index (χ1n) is 9.72. The zero-order valence-electron chi connectivity index (χ0n) is 16.6. The summed E-state index contributed by atoms with van der Waals surface area (Å²) in [6.07, 6.45) is 1.99. The van der Waals surface area contributed by atoms with Crippen LogP contribution < -0.4 is 4.74 Å². The minimum absolute atomic E-state index is 0. The summed E-state index contributed by atoms with van der Waals surface area (Å²) in [5.41, 5.74) is 0.892. The summed E-state index contributed by atoms with van der Waals surface area (Å²) in [7, 11) is 0. The second kappa shape index (κ2) is 8.31. The number of piperidine rings is 1. The number of fused-ring (bicyclic) bond motifs is 2. The van der Waals surface area contributed by atoms with Gasteiger partial charge in [-0.3, -0.25) is 4.79 Å². The minimum atomic E-state index is -3.14. The molecule has 1 atom stereocenters. The number of hydrogen-bond donors (Lipinski definition) is 0. The Morgan fingerprint density at radius 2 is 2.00 bits per heavy atom. The van der Waals surface area contributed by atoms with Gasteiger partial charge in [-0.15, -0.1) is 12.4 Å². The van der Waals surface area contributed by atoms with E-state index in [0.29, 0.717) is 5.52 Å². The van der Waals surface area contributed by atoms with Crippen molar-refractivity contribution in [3.63, 3.8) is 0 Å². The Kier molecular flexibility index (Phi) is 5.68. The van der Waals surface area contributed by atoms with Gasteiger partial charge in [0.25, 0.3) is 11.8 Å². The summed E-state index contributed by atoms with van der Waals surface area (Å²) >= 11 is 0. The van der Waals surface area contributed by atoms with Crippen LogP contribution >= 0.6 is 12.4 Å². The average molecular weight is 463 g/mol. The molecule has 32 heavy (non-hydrogen) atoms. The van der Waals surface area contributed by atoms with Crippen LogP contribution in [0.1, 0.15) is 16.8 Å². The van der Waals surface area contributed by atoms with Crippen molar-refractivity contribution in [3.8, 4) is 5.88 Å². The van der Waals surface area contributed by atoms with E-state index in [0.717, 1.165) is 11.5 Å². The topological polar surface area (TPSA) is 59.7 Å². The van der Waals surface area contributed by atoms with Gasteiger partial charge >= 0.3 is 0 Å². The highest BCUT2D eigenvalue weighted by Gasteiger charge is 2.47. The second-order valence-corrected chi connectivity index (χ2v) is 7.44. The maximum atomic E-state index is 14.6. The molecular formula is C22H18ClF3N4O2. The molecule has 0 bridgehead atoms. The third kappa shape index (κ3) is 3.95. The van der Waals surface area contributed by atoms with Crippen LogP contribution in [0.2, 0.25) is 0 Å². The Morgan fingerprint density at radius 1 is 1.19 bits per heavy atom. The van der Waals surface area contributed by atoms with Gasteiger partial charge in [-0.05, 0) is 18.2 Å². The Hall–Kier alpha value is -3.33. The summed E-state index contributed by atoms with van der Waals surface area (Å²) in [4.78, 5) is 22.6. The third-order valence-corrected chi connectivity index (χ3v) is 5.38. The highest BCUT2D eigenvalue weighted by molar-refractivity contribution is 6.00. The second-order valence-electron chi connectivity index (χ2n) is 7.44. The van der Waals surface area contributed by atoms with Crippen LogP contribution in [-0.2, 0) is 0 Å². The van der Waals surface area contributed by atoms with E-state index < -0.39 is 30.2 Å². The van der Waals surface area contributed by atoms with Gasteiger partial charge in [0, 0.05) is 43.0 Å². The van der Waals surface area contributed by atoms with Crippen molar-refractivity contribution in [2.75, 3.05) is 13.1 Å². The van der Waals surface area contributed by atoms with Crippen LogP contribution in [0.5, 0.6) is 5.88 Å². The molecule has 0 N–H and O–H groups in total. The van der Waals surface area contributed by atoms with Crippen LogP contribution in [0, 0.1) is 5.82 Å². The molecule has 6 nitrogen and oxygen atoms in total. The number of amides is 1. The number of hydrogen-bond acceptors (Lipinski definition) is 4. The molecule has 1 aromatic carbocycles. The molecule has 0 spiro atoms. The normalized spacial score (nSPS) is 17.8. The van der Waals surface area contributed by atoms with Crippen LogP contribution in [0.4, 0.5) is 13.2 Å². The van der Waals surface area contributed by atoms with Gasteiger partial charge in [0.2, 0.25) is 5.88 Å². The lowest BCUT2D eigenvalue weighted by molar-refractivity contribution is -0.131. The number of pyridine rings is 2. The van der Waals surface area contributed by atoms with Crippen LogP contribution in [0.25, 0.3) is 16.6 Å². The van der Waals surface area contributed by atoms with Crippen molar-refractivity contribution in [2.24, 2.45) is 0 Å². The number of benzene rings is 1. The maximum absolute atomic E-state index is 14.6. The number of alkyl halides is 2. The van der Waals surface area contributed by atoms with E-state index in [1.54, 1.807) is 18.2 Å². The van der Waals surface area contributed by atoms with Crippen molar-refractivity contribution in [2.45, 2.75) is 18.4 Å². The minimum Gasteiger partial charge on any atom is -0.466 e. The fourth-order valence-corrected chi connectivity index (χ4v) is 3.76. The monoisotopic (exact) mass is 462 g/mol. The molecule has 0 unspecified atom stereocenters. The van der Waals surface area contributed by atoms with Gasteiger partial charge in [0.15, 0.2) is 6.10 Å². The molecule has 4 aromatic rings. The van der Waals surface area contributed by atoms with Gasteiger partial charge in [-0.1, -0.05) is 18.2 Å². The van der Waals surface area contributed by atoms with Gasteiger partial charge in [-0.2, -0.15) is 0 Å². The van der Waals surface area contributed by atoms with Crippen molar-refractivity contribution in [3.05, 3.63) is 72.4 Å². The molecule has 1 amide bonds. The molecule has 0 aliphatic carbocycles. The Labute approximate surface area is 187 Å². The first-order chi connectivity index (χ1) is 14.9. The maximum Gasteiger partial charge on any atom is 0.287 e. The smallest absolute Gasteiger partial charge is 0.287 e. The molecular weight excluding hydrogens is 445 g/mol. The number of likely N-dealkylation sites (tertiary alicyclic amines) is 1.